The van der Waals surface area contributed by atoms with Gasteiger partial charge in [-0.15, -0.1) is 0 Å². The first-order valence-corrected chi connectivity index (χ1v) is 15.9. The zero-order valence-corrected chi connectivity index (χ0v) is 26.3. The van der Waals surface area contributed by atoms with E-state index < -0.39 is 23.9 Å². The quantitative estimate of drug-likeness (QED) is 0.446. The van der Waals surface area contributed by atoms with Crippen LogP contribution < -0.4 is 29.6 Å². The number of aryl methyl sites for hydroxylation is 1. The molecule has 0 radical (unpaired) electrons. The molecule has 0 saturated carbocycles. The highest BCUT2D eigenvalue weighted by Crippen LogP contribution is 2.29. The number of rotatable bonds is 3. The Morgan fingerprint density at radius 2 is 1.85 bits per heavy atom. The molecule has 12 heteroatoms. The topological polar surface area (TPSA) is 119 Å². The molecule has 2 atom stereocenters. The number of amides is 3. The first-order chi connectivity index (χ1) is 22.8. The zero-order chi connectivity index (χ0) is 32.8. The van der Waals surface area contributed by atoms with Crippen molar-refractivity contribution in [3.05, 3.63) is 83.2 Å². The summed E-state index contributed by atoms with van der Waals surface area (Å²) in [6.45, 7) is 2.28. The molecule has 3 heterocycles. The number of halogens is 1. The lowest BCUT2D eigenvalue weighted by molar-refractivity contribution is -0.136. The lowest BCUT2D eigenvalue weighted by Crippen LogP contribution is -2.59. The Kier molecular flexibility index (Phi) is 10.1. The maximum atomic E-state index is 14.7. The van der Waals surface area contributed by atoms with E-state index >= 15 is 0 Å². The number of nitrogens with zero attached hydrogens (tertiary/aromatic N) is 2. The van der Waals surface area contributed by atoms with E-state index in [-0.39, 0.29) is 50.2 Å². The van der Waals surface area contributed by atoms with E-state index in [9.17, 15) is 18.8 Å². The van der Waals surface area contributed by atoms with Gasteiger partial charge in [0.15, 0.2) is 18.1 Å². The summed E-state index contributed by atoms with van der Waals surface area (Å²) in [5, 5.41) is 5.85. The van der Waals surface area contributed by atoms with Crippen molar-refractivity contribution in [2.75, 3.05) is 46.5 Å². The lowest BCUT2D eigenvalue weighted by Gasteiger charge is -2.39. The monoisotopic (exact) mass is 646 g/mol. The fraction of sp³-hybridized carbons (Fsp3) is 0.400. The van der Waals surface area contributed by atoms with Crippen LogP contribution in [-0.2, 0) is 33.9 Å². The molecule has 0 spiro atoms. The van der Waals surface area contributed by atoms with Crippen LogP contribution in [0.25, 0.3) is 0 Å². The number of nitrogens with one attached hydrogen (secondary N) is 2. The van der Waals surface area contributed by atoms with Crippen molar-refractivity contribution < 1.29 is 37.7 Å². The molecule has 6 rings (SSSR count). The summed E-state index contributed by atoms with van der Waals surface area (Å²) >= 11 is 0. The van der Waals surface area contributed by atoms with E-state index in [1.807, 2.05) is 30.3 Å². The van der Waals surface area contributed by atoms with E-state index in [2.05, 4.69) is 15.5 Å². The van der Waals surface area contributed by atoms with Crippen LogP contribution in [0.4, 0.5) is 4.39 Å². The summed E-state index contributed by atoms with van der Waals surface area (Å²) in [5.41, 5.74) is 2.41. The molecule has 47 heavy (non-hydrogen) atoms. The molecule has 0 aromatic heterocycles. The number of hydrogen-bond acceptors (Lipinski definition) is 8. The summed E-state index contributed by atoms with van der Waals surface area (Å²) in [6.07, 6.45) is 0.493. The second-order valence-electron chi connectivity index (χ2n) is 12.0. The standard InChI is InChI=1S/C35H39FN4O7/c1-44-31-8-6-23-7-9-33(41)37-18-24-14-26(36)17-27(15-24)47-30-10-11-40(20-28(30)38-34(42)22-46-32(31)16-23)35(43)21-39-12-13-45-29-5-3-2-4-25(29)19-39/h2-6,8,14-17,28,30H,7,9-13,18-22H2,1H3,(H,37,41)(H,38,42)/t28-,30-/m1/s1. The van der Waals surface area contributed by atoms with Gasteiger partial charge in [0.05, 0.1) is 19.7 Å². The summed E-state index contributed by atoms with van der Waals surface area (Å²) in [6, 6.07) is 16.8. The summed E-state index contributed by atoms with van der Waals surface area (Å²) in [4.78, 5) is 43.3. The molecule has 2 N–H and O–H groups in total. The molecular weight excluding hydrogens is 607 g/mol. The molecule has 0 aliphatic carbocycles. The second kappa shape index (κ2) is 14.7. The van der Waals surface area contributed by atoms with Crippen molar-refractivity contribution in [3.63, 3.8) is 0 Å². The van der Waals surface area contributed by atoms with Gasteiger partial charge >= 0.3 is 0 Å². The minimum atomic E-state index is -0.601. The maximum absolute atomic E-state index is 14.7. The van der Waals surface area contributed by atoms with Crippen molar-refractivity contribution >= 4 is 17.7 Å². The number of ether oxygens (including phenoxy) is 4. The van der Waals surface area contributed by atoms with Gasteiger partial charge in [-0.2, -0.15) is 0 Å². The van der Waals surface area contributed by atoms with E-state index in [1.54, 1.807) is 23.1 Å². The van der Waals surface area contributed by atoms with Crippen molar-refractivity contribution in [2.24, 2.45) is 0 Å². The highest BCUT2D eigenvalue weighted by molar-refractivity contribution is 5.80. The zero-order valence-electron chi connectivity index (χ0n) is 26.3. The van der Waals surface area contributed by atoms with Crippen molar-refractivity contribution in [2.45, 2.75) is 44.5 Å². The number of benzene rings is 3. The molecule has 4 bridgehead atoms. The molecule has 3 aliphatic heterocycles. The van der Waals surface area contributed by atoms with Crippen LogP contribution in [0.15, 0.2) is 60.7 Å². The highest BCUT2D eigenvalue weighted by atomic mass is 19.1. The Bertz CT molecular complexity index is 1620. The number of hydrogen-bond donors (Lipinski definition) is 2. The Morgan fingerprint density at radius 1 is 0.979 bits per heavy atom. The van der Waals surface area contributed by atoms with Crippen molar-refractivity contribution in [1.29, 1.82) is 0 Å². The minimum absolute atomic E-state index is 0.0712. The lowest BCUT2D eigenvalue weighted by atomic mass is 10.0. The van der Waals surface area contributed by atoms with Crippen LogP contribution in [-0.4, -0.2) is 86.2 Å². The predicted molar refractivity (Wildman–Crippen MR) is 170 cm³/mol. The van der Waals surface area contributed by atoms with Crippen molar-refractivity contribution in [3.8, 4) is 23.0 Å². The third kappa shape index (κ3) is 8.31. The van der Waals surface area contributed by atoms with Crippen LogP contribution in [0.2, 0.25) is 0 Å². The van der Waals surface area contributed by atoms with Crippen LogP contribution in [0.5, 0.6) is 23.0 Å². The largest absolute Gasteiger partial charge is 0.493 e. The summed E-state index contributed by atoms with van der Waals surface area (Å²) in [7, 11) is 1.51. The average molecular weight is 647 g/mol. The molecule has 1 saturated heterocycles. The molecule has 3 aromatic carbocycles. The minimum Gasteiger partial charge on any atom is -0.493 e. The molecule has 11 nitrogen and oxygen atoms in total. The highest BCUT2D eigenvalue weighted by Gasteiger charge is 2.35. The third-order valence-corrected chi connectivity index (χ3v) is 8.57. The smallest absolute Gasteiger partial charge is 0.258 e. The van der Waals surface area contributed by atoms with Gasteiger partial charge in [-0.1, -0.05) is 24.3 Å². The molecule has 3 amide bonds. The molecule has 0 unspecified atom stereocenters. The van der Waals surface area contributed by atoms with Gasteiger partial charge in [-0.3, -0.25) is 19.3 Å². The maximum Gasteiger partial charge on any atom is 0.258 e. The summed E-state index contributed by atoms with van der Waals surface area (Å²) < 4.78 is 38.1. The second-order valence-corrected chi connectivity index (χ2v) is 12.0. The number of methoxy groups -OCH3 is 1. The molecule has 3 aromatic rings. The van der Waals surface area contributed by atoms with E-state index in [0.29, 0.717) is 56.1 Å². The van der Waals surface area contributed by atoms with E-state index in [0.717, 1.165) is 16.9 Å². The van der Waals surface area contributed by atoms with Crippen LogP contribution in [0.1, 0.15) is 29.5 Å². The molecular formula is C35H39FN4O7. The number of likely N-dealkylation sites (tertiary alicyclic amines) is 1. The Labute approximate surface area is 272 Å². The molecule has 1 fully saturated rings. The average Bonchev–Trinajstić information content (AvgIpc) is 3.27. The van der Waals surface area contributed by atoms with Crippen LogP contribution in [0, 0.1) is 5.82 Å². The third-order valence-electron chi connectivity index (χ3n) is 8.57. The predicted octanol–water partition coefficient (Wildman–Crippen LogP) is 2.83. The Balaban J connectivity index is 1.20. The van der Waals surface area contributed by atoms with Crippen LogP contribution in [0.3, 0.4) is 0 Å². The van der Waals surface area contributed by atoms with Gasteiger partial charge < -0.3 is 34.5 Å². The van der Waals surface area contributed by atoms with Gasteiger partial charge in [-0.05, 0) is 47.9 Å². The molecule has 3 aliphatic rings. The SMILES string of the molecule is COc1ccc2cc1OCC(=O)N[C@@H]1CN(C(=O)CN3CCOc4ccccc4C3)CC[C@H]1Oc1cc(F)cc(c1)CNC(=O)CC2. The fourth-order valence-electron chi connectivity index (χ4n) is 6.14. The van der Waals surface area contributed by atoms with Gasteiger partial charge in [-0.25, -0.2) is 4.39 Å². The van der Waals surface area contributed by atoms with Crippen molar-refractivity contribution in [1.82, 2.24) is 20.4 Å². The number of para-hydroxylation sites is 1. The van der Waals surface area contributed by atoms with Gasteiger partial charge in [0.25, 0.3) is 5.91 Å². The number of carbonyl (C=O) groups excluding carboxylic acids is 3. The Hall–Kier alpha value is -4.84. The van der Waals surface area contributed by atoms with Crippen LogP contribution >= 0.6 is 0 Å². The molecule has 248 valence electrons. The first kappa shape index (κ1) is 32.1. The van der Waals surface area contributed by atoms with Gasteiger partial charge in [0.2, 0.25) is 11.8 Å². The number of fused-ring (bicyclic) bond motifs is 6. The first-order valence-electron chi connectivity index (χ1n) is 15.9. The normalized spacial score (nSPS) is 20.7. The Morgan fingerprint density at radius 3 is 2.72 bits per heavy atom. The van der Waals surface area contributed by atoms with Gasteiger partial charge in [0.1, 0.15) is 30.0 Å². The van der Waals surface area contributed by atoms with E-state index in [4.69, 9.17) is 18.9 Å². The number of carbonyl (C=O) groups is 3. The fourth-order valence-corrected chi connectivity index (χ4v) is 6.14. The van der Waals surface area contributed by atoms with Gasteiger partial charge in [0, 0.05) is 57.2 Å². The summed E-state index contributed by atoms with van der Waals surface area (Å²) in [5.74, 6) is 0.765. The number of piperidine rings is 1. The van der Waals surface area contributed by atoms with E-state index in [1.165, 1.54) is 19.2 Å².